The number of halogens is 5. The second-order valence-corrected chi connectivity index (χ2v) is 7.86. The SMILES string of the molecule is CCCc1c(C(Cl)(Cl)C(Cl)(Cl)Cl)nnn1C(=O)n1ccnn1. The number of hydrogen-bond acceptors (Lipinski definition) is 5. The number of alkyl halides is 5. The molecule has 0 bridgehead atoms. The van der Waals surface area contributed by atoms with Gasteiger partial charge in [0.2, 0.25) is 8.13 Å². The fourth-order valence-corrected chi connectivity index (χ4v) is 2.26. The molecule has 0 amide bonds. The Hall–Kier alpha value is -0.600. The fraction of sp³-hybridized carbons (Fsp3) is 0.500. The number of carbonyl (C=O) groups excluding carboxylic acids is 1. The van der Waals surface area contributed by atoms with E-state index in [-0.39, 0.29) is 5.69 Å². The number of aromatic nitrogens is 6. The van der Waals surface area contributed by atoms with Crippen LogP contribution in [0.1, 0.15) is 24.7 Å². The maximum Gasteiger partial charge on any atom is 0.372 e. The maximum absolute atomic E-state index is 12.3. The standard InChI is InChI=1S/C10H9Cl5N6O/c1-2-3-6-7(9(11,12)10(13,14)15)17-19-21(6)8(22)20-5-4-16-18-20/h4-5H,2-3H2,1H3. The highest BCUT2D eigenvalue weighted by molar-refractivity contribution is 6.75. The van der Waals surface area contributed by atoms with Crippen LogP contribution in [0.2, 0.25) is 0 Å². The van der Waals surface area contributed by atoms with Gasteiger partial charge in [0.05, 0.1) is 18.1 Å². The van der Waals surface area contributed by atoms with Crippen LogP contribution in [0.5, 0.6) is 0 Å². The van der Waals surface area contributed by atoms with Crippen LogP contribution in [-0.4, -0.2) is 39.8 Å². The van der Waals surface area contributed by atoms with E-state index in [1.807, 2.05) is 6.92 Å². The summed E-state index contributed by atoms with van der Waals surface area (Å²) in [6.07, 6.45) is 3.77. The van der Waals surface area contributed by atoms with E-state index in [9.17, 15) is 4.79 Å². The molecule has 0 fully saturated rings. The smallest absolute Gasteiger partial charge is 0.243 e. The molecule has 0 spiro atoms. The van der Waals surface area contributed by atoms with Crippen molar-refractivity contribution < 1.29 is 4.79 Å². The van der Waals surface area contributed by atoms with Gasteiger partial charge in [0, 0.05) is 0 Å². The van der Waals surface area contributed by atoms with Gasteiger partial charge in [-0.25, -0.2) is 4.79 Å². The zero-order valence-electron chi connectivity index (χ0n) is 11.1. The summed E-state index contributed by atoms with van der Waals surface area (Å²) >= 11 is 29.7. The maximum atomic E-state index is 12.3. The average molecular weight is 406 g/mol. The highest BCUT2D eigenvalue weighted by Gasteiger charge is 2.51. The Morgan fingerprint density at radius 2 is 1.91 bits per heavy atom. The molecule has 0 aliphatic carbocycles. The Morgan fingerprint density at radius 3 is 2.41 bits per heavy atom. The molecule has 7 nitrogen and oxygen atoms in total. The van der Waals surface area contributed by atoms with Crippen molar-refractivity contribution in [1.82, 2.24) is 30.0 Å². The van der Waals surface area contributed by atoms with Crippen LogP contribution < -0.4 is 0 Å². The molecule has 0 radical (unpaired) electrons. The van der Waals surface area contributed by atoms with Gasteiger partial charge in [-0.3, -0.25) is 0 Å². The predicted molar refractivity (Wildman–Crippen MR) is 83.9 cm³/mol. The van der Waals surface area contributed by atoms with Crippen molar-refractivity contribution in [2.75, 3.05) is 0 Å². The van der Waals surface area contributed by atoms with Gasteiger partial charge in [0.25, 0.3) is 0 Å². The summed E-state index contributed by atoms with van der Waals surface area (Å²) in [4.78, 5) is 12.3. The summed E-state index contributed by atoms with van der Waals surface area (Å²) < 4.78 is -2.04. The van der Waals surface area contributed by atoms with Crippen molar-refractivity contribution >= 4 is 64.0 Å². The number of hydrogen-bond donors (Lipinski definition) is 0. The second-order valence-electron chi connectivity index (χ2n) is 4.25. The van der Waals surface area contributed by atoms with Crippen LogP contribution in [-0.2, 0) is 10.8 Å². The van der Waals surface area contributed by atoms with E-state index in [1.165, 1.54) is 12.4 Å². The Balaban J connectivity index is 2.53. The summed E-state index contributed by atoms with van der Waals surface area (Å²) in [5, 5.41) is 14.7. The predicted octanol–water partition coefficient (Wildman–Crippen LogP) is 3.34. The van der Waals surface area contributed by atoms with E-state index in [2.05, 4.69) is 20.6 Å². The van der Waals surface area contributed by atoms with Gasteiger partial charge >= 0.3 is 6.03 Å². The molecule has 12 heteroatoms. The van der Waals surface area contributed by atoms with E-state index >= 15 is 0 Å². The Labute approximate surface area is 150 Å². The largest absolute Gasteiger partial charge is 0.372 e. The molecule has 0 atom stereocenters. The van der Waals surface area contributed by atoms with E-state index in [1.54, 1.807) is 0 Å². The van der Waals surface area contributed by atoms with Gasteiger partial charge in [-0.2, -0.15) is 9.36 Å². The van der Waals surface area contributed by atoms with Gasteiger partial charge in [0.15, 0.2) is 0 Å². The summed E-state index contributed by atoms with van der Waals surface area (Å²) in [7, 11) is 0. The van der Waals surface area contributed by atoms with Gasteiger partial charge in [-0.1, -0.05) is 81.8 Å². The molecule has 2 aromatic rings. The molecule has 0 unspecified atom stereocenters. The molecule has 0 aliphatic heterocycles. The van der Waals surface area contributed by atoms with E-state index < -0.39 is 14.2 Å². The zero-order valence-corrected chi connectivity index (χ0v) is 14.8. The highest BCUT2D eigenvalue weighted by atomic mass is 35.6. The lowest BCUT2D eigenvalue weighted by atomic mass is 10.1. The van der Waals surface area contributed by atoms with Crippen molar-refractivity contribution in [2.45, 2.75) is 27.9 Å². The third-order valence-electron chi connectivity index (χ3n) is 2.70. The average Bonchev–Trinajstić information content (AvgIpc) is 3.06. The van der Waals surface area contributed by atoms with Crippen molar-refractivity contribution in [3.63, 3.8) is 0 Å². The van der Waals surface area contributed by atoms with E-state index in [4.69, 9.17) is 58.0 Å². The van der Waals surface area contributed by atoms with Gasteiger partial charge in [0.1, 0.15) is 5.69 Å². The van der Waals surface area contributed by atoms with Crippen LogP contribution >= 0.6 is 58.0 Å². The Morgan fingerprint density at radius 1 is 1.23 bits per heavy atom. The van der Waals surface area contributed by atoms with Crippen molar-refractivity contribution in [3.8, 4) is 0 Å². The van der Waals surface area contributed by atoms with Crippen molar-refractivity contribution in [3.05, 3.63) is 23.8 Å². The lowest BCUT2D eigenvalue weighted by Crippen LogP contribution is -2.31. The minimum absolute atomic E-state index is 0.00569. The van der Waals surface area contributed by atoms with Crippen molar-refractivity contribution in [2.24, 2.45) is 0 Å². The summed E-state index contributed by atoms with van der Waals surface area (Å²) in [6.45, 7) is 1.89. The minimum Gasteiger partial charge on any atom is -0.243 e. The highest BCUT2D eigenvalue weighted by Crippen LogP contribution is 2.53. The Bertz CT molecular complexity index is 662. The summed E-state index contributed by atoms with van der Waals surface area (Å²) in [5.74, 6) is 0. The fourth-order valence-electron chi connectivity index (χ4n) is 1.70. The van der Waals surface area contributed by atoms with Crippen LogP contribution in [0.3, 0.4) is 0 Å². The molecule has 0 saturated carbocycles. The zero-order chi connectivity index (χ0) is 16.5. The molecule has 2 rings (SSSR count). The molecule has 0 N–H and O–H groups in total. The number of nitrogens with zero attached hydrogens (tertiary/aromatic N) is 6. The Kier molecular flexibility index (Phi) is 5.23. The van der Waals surface area contributed by atoms with Crippen LogP contribution in [0.4, 0.5) is 4.79 Å². The van der Waals surface area contributed by atoms with Crippen molar-refractivity contribution in [1.29, 1.82) is 0 Å². The first-order valence-corrected chi connectivity index (χ1v) is 7.89. The van der Waals surface area contributed by atoms with Crippen LogP contribution in [0.15, 0.2) is 12.4 Å². The van der Waals surface area contributed by atoms with Crippen LogP contribution in [0.25, 0.3) is 0 Å². The monoisotopic (exact) mass is 404 g/mol. The molecule has 2 heterocycles. The topological polar surface area (TPSA) is 78.5 Å². The first-order valence-electron chi connectivity index (χ1n) is 6.00. The normalized spacial score (nSPS) is 12.6. The molecule has 120 valence electrons. The summed E-state index contributed by atoms with van der Waals surface area (Å²) in [5.41, 5.74) is 0.338. The lowest BCUT2D eigenvalue weighted by molar-refractivity contribution is 0.236. The van der Waals surface area contributed by atoms with Crippen LogP contribution in [0, 0.1) is 0 Å². The molecule has 22 heavy (non-hydrogen) atoms. The lowest BCUT2D eigenvalue weighted by Gasteiger charge is -2.26. The van der Waals surface area contributed by atoms with Gasteiger partial charge in [-0.05, 0) is 6.42 Å². The number of rotatable bonds is 3. The first kappa shape index (κ1) is 17.7. The third-order valence-corrected chi connectivity index (χ3v) is 5.06. The molecule has 0 aromatic carbocycles. The molecular weight excluding hydrogens is 397 g/mol. The van der Waals surface area contributed by atoms with E-state index in [0.29, 0.717) is 18.5 Å². The molecule has 2 aromatic heterocycles. The number of carbonyl (C=O) groups is 1. The van der Waals surface area contributed by atoms with Gasteiger partial charge in [-0.15, -0.1) is 10.2 Å². The quantitative estimate of drug-likeness (QED) is 0.731. The van der Waals surface area contributed by atoms with Gasteiger partial charge < -0.3 is 0 Å². The minimum atomic E-state index is -2.06. The molecule has 0 saturated heterocycles. The molecule has 0 aliphatic rings. The molecular formula is C10H9Cl5N6O. The summed E-state index contributed by atoms with van der Waals surface area (Å²) in [6, 6.07) is -0.604. The third kappa shape index (κ3) is 3.19. The second kappa shape index (κ2) is 6.49. The van der Waals surface area contributed by atoms with E-state index in [0.717, 1.165) is 9.36 Å². The first-order chi connectivity index (χ1) is 10.2.